The van der Waals surface area contributed by atoms with Crippen molar-refractivity contribution >= 4 is 11.6 Å². The van der Waals surface area contributed by atoms with Crippen LogP contribution in [0.25, 0.3) is 0 Å². The molecule has 2 aromatic carbocycles. The third-order valence-corrected chi connectivity index (χ3v) is 5.20. The Morgan fingerprint density at radius 3 is 2.31 bits per heavy atom. The van der Waals surface area contributed by atoms with E-state index in [1.807, 2.05) is 30.3 Å². The van der Waals surface area contributed by atoms with E-state index in [1.165, 1.54) is 5.56 Å². The predicted molar refractivity (Wildman–Crippen MR) is 107 cm³/mol. The summed E-state index contributed by atoms with van der Waals surface area (Å²) in [7, 11) is 0. The molecule has 0 aromatic heterocycles. The van der Waals surface area contributed by atoms with E-state index in [-0.39, 0.29) is 11.9 Å². The van der Waals surface area contributed by atoms with Gasteiger partial charge in [-0.15, -0.1) is 0 Å². The molecule has 1 saturated carbocycles. The topological polar surface area (TPSA) is 58.4 Å². The molecule has 1 aliphatic rings. The molecule has 4 heteroatoms. The van der Waals surface area contributed by atoms with Crippen molar-refractivity contribution in [1.82, 2.24) is 5.32 Å². The molecule has 26 heavy (non-hydrogen) atoms. The third-order valence-electron chi connectivity index (χ3n) is 5.20. The van der Waals surface area contributed by atoms with Gasteiger partial charge < -0.3 is 16.0 Å². The van der Waals surface area contributed by atoms with Gasteiger partial charge >= 0.3 is 0 Å². The Morgan fingerprint density at radius 2 is 1.69 bits per heavy atom. The molecule has 0 radical (unpaired) electrons. The molecule has 0 heterocycles. The number of carbonyl (C=O) groups excluding carboxylic acids is 1. The lowest BCUT2D eigenvalue weighted by atomic mass is 9.91. The van der Waals surface area contributed by atoms with Crippen LogP contribution in [0.4, 0.5) is 5.69 Å². The van der Waals surface area contributed by atoms with Crippen molar-refractivity contribution < 1.29 is 4.79 Å². The normalized spacial score (nSPS) is 19.8. The summed E-state index contributed by atoms with van der Waals surface area (Å²) in [6.45, 7) is 3.94. The highest BCUT2D eigenvalue weighted by molar-refractivity contribution is 5.94. The zero-order chi connectivity index (χ0) is 18.4. The van der Waals surface area contributed by atoms with E-state index in [2.05, 4.69) is 41.4 Å². The molecular weight excluding hydrogens is 322 g/mol. The summed E-state index contributed by atoms with van der Waals surface area (Å²) in [5, 5.41) is 3.15. The molecule has 3 N–H and O–H groups in total. The first-order valence-electron chi connectivity index (χ1n) is 9.61. The fourth-order valence-electron chi connectivity index (χ4n) is 3.55. The lowest BCUT2D eigenvalue weighted by molar-refractivity contribution is 0.0926. The summed E-state index contributed by atoms with van der Waals surface area (Å²) >= 11 is 0. The van der Waals surface area contributed by atoms with Crippen LogP contribution in [-0.4, -0.2) is 24.5 Å². The Morgan fingerprint density at radius 1 is 1.04 bits per heavy atom. The first-order chi connectivity index (χ1) is 12.7. The van der Waals surface area contributed by atoms with Gasteiger partial charge in [0.05, 0.1) is 0 Å². The standard InChI is InChI=1S/C22H29N3O/c1-2-25(16-17-6-4-3-5-7-17)21-14-8-18(9-15-21)22(26)24-20-12-10-19(23)11-13-20/h3-9,14-15,19-20H,2,10-13,16,23H2,1H3,(H,24,26). The van der Waals surface area contributed by atoms with E-state index in [0.29, 0.717) is 6.04 Å². The average Bonchev–Trinajstić information content (AvgIpc) is 2.69. The average molecular weight is 351 g/mol. The fraction of sp³-hybridized carbons (Fsp3) is 0.409. The third kappa shape index (κ3) is 4.85. The maximum Gasteiger partial charge on any atom is 0.251 e. The highest BCUT2D eigenvalue weighted by Gasteiger charge is 2.20. The largest absolute Gasteiger partial charge is 0.367 e. The van der Waals surface area contributed by atoms with E-state index in [0.717, 1.165) is 50.0 Å². The smallest absolute Gasteiger partial charge is 0.251 e. The van der Waals surface area contributed by atoms with Crippen LogP contribution < -0.4 is 16.0 Å². The minimum atomic E-state index is 0.0168. The summed E-state index contributed by atoms with van der Waals surface area (Å²) in [6, 6.07) is 18.9. The second-order valence-electron chi connectivity index (χ2n) is 7.13. The van der Waals surface area contributed by atoms with Crippen LogP contribution >= 0.6 is 0 Å². The van der Waals surface area contributed by atoms with Gasteiger partial charge in [-0.25, -0.2) is 0 Å². The molecule has 2 aromatic rings. The maximum atomic E-state index is 12.5. The summed E-state index contributed by atoms with van der Waals surface area (Å²) in [4.78, 5) is 14.8. The molecule has 4 nitrogen and oxygen atoms in total. The number of nitrogens with zero attached hydrogens (tertiary/aromatic N) is 1. The van der Waals surface area contributed by atoms with Crippen molar-refractivity contribution in [2.45, 2.75) is 51.2 Å². The van der Waals surface area contributed by atoms with Crippen LogP contribution in [0.3, 0.4) is 0 Å². The number of rotatable bonds is 6. The van der Waals surface area contributed by atoms with Crippen molar-refractivity contribution in [1.29, 1.82) is 0 Å². The Kier molecular flexibility index (Phi) is 6.29. The zero-order valence-electron chi connectivity index (χ0n) is 15.5. The van der Waals surface area contributed by atoms with Gasteiger partial charge in [0.2, 0.25) is 0 Å². The first kappa shape index (κ1) is 18.5. The molecular formula is C22H29N3O. The molecule has 0 saturated heterocycles. The summed E-state index contributed by atoms with van der Waals surface area (Å²) in [6.07, 6.45) is 3.95. The fourth-order valence-corrected chi connectivity index (χ4v) is 3.55. The lowest BCUT2D eigenvalue weighted by Crippen LogP contribution is -2.40. The molecule has 1 amide bonds. The predicted octanol–water partition coefficient (Wildman–Crippen LogP) is 3.71. The van der Waals surface area contributed by atoms with Crippen LogP contribution in [-0.2, 0) is 6.54 Å². The number of hydrogen-bond acceptors (Lipinski definition) is 3. The van der Waals surface area contributed by atoms with Crippen LogP contribution in [0.2, 0.25) is 0 Å². The molecule has 1 fully saturated rings. The van der Waals surface area contributed by atoms with Crippen molar-refractivity contribution in [2.75, 3.05) is 11.4 Å². The Labute approximate surface area is 156 Å². The number of amides is 1. The number of nitrogens with two attached hydrogens (primary N) is 1. The zero-order valence-corrected chi connectivity index (χ0v) is 15.5. The Hall–Kier alpha value is -2.33. The number of nitrogens with one attached hydrogen (secondary N) is 1. The highest BCUT2D eigenvalue weighted by atomic mass is 16.1. The number of anilines is 1. The molecule has 3 rings (SSSR count). The van der Waals surface area contributed by atoms with E-state index < -0.39 is 0 Å². The summed E-state index contributed by atoms with van der Waals surface area (Å²) < 4.78 is 0. The molecule has 0 bridgehead atoms. The monoisotopic (exact) mass is 351 g/mol. The first-order valence-corrected chi connectivity index (χ1v) is 9.61. The van der Waals surface area contributed by atoms with Gasteiger partial charge in [0.25, 0.3) is 5.91 Å². The number of benzene rings is 2. The minimum Gasteiger partial charge on any atom is -0.367 e. The maximum absolute atomic E-state index is 12.5. The molecule has 0 unspecified atom stereocenters. The summed E-state index contributed by atoms with van der Waals surface area (Å²) in [5.74, 6) is 0.0168. The van der Waals surface area contributed by atoms with Crippen LogP contribution in [0.5, 0.6) is 0 Å². The molecule has 0 atom stereocenters. The van der Waals surface area contributed by atoms with Crippen molar-refractivity contribution in [3.05, 3.63) is 65.7 Å². The van der Waals surface area contributed by atoms with Crippen molar-refractivity contribution in [3.63, 3.8) is 0 Å². The summed E-state index contributed by atoms with van der Waals surface area (Å²) in [5.41, 5.74) is 9.08. The second-order valence-corrected chi connectivity index (χ2v) is 7.13. The van der Waals surface area contributed by atoms with Gasteiger partial charge in [0.1, 0.15) is 0 Å². The Bertz CT molecular complexity index is 691. The Balaban J connectivity index is 1.60. The van der Waals surface area contributed by atoms with Gasteiger partial charge in [0.15, 0.2) is 0 Å². The van der Waals surface area contributed by atoms with E-state index in [4.69, 9.17) is 5.73 Å². The SMILES string of the molecule is CCN(Cc1ccccc1)c1ccc(C(=O)NC2CCC(N)CC2)cc1. The second kappa shape index (κ2) is 8.86. The molecule has 0 spiro atoms. The quantitative estimate of drug-likeness (QED) is 0.834. The van der Waals surface area contributed by atoms with E-state index in [9.17, 15) is 4.79 Å². The van der Waals surface area contributed by atoms with Gasteiger partial charge in [-0.2, -0.15) is 0 Å². The highest BCUT2D eigenvalue weighted by Crippen LogP contribution is 2.20. The van der Waals surface area contributed by atoms with Gasteiger partial charge in [-0.3, -0.25) is 4.79 Å². The molecule has 1 aliphatic carbocycles. The minimum absolute atomic E-state index is 0.0168. The number of hydrogen-bond donors (Lipinski definition) is 2. The number of carbonyl (C=O) groups is 1. The van der Waals surface area contributed by atoms with Crippen LogP contribution in [0.1, 0.15) is 48.5 Å². The van der Waals surface area contributed by atoms with E-state index in [1.54, 1.807) is 0 Å². The van der Waals surface area contributed by atoms with Gasteiger partial charge in [0, 0.05) is 36.4 Å². The van der Waals surface area contributed by atoms with Crippen LogP contribution in [0, 0.1) is 0 Å². The van der Waals surface area contributed by atoms with Crippen molar-refractivity contribution in [2.24, 2.45) is 5.73 Å². The van der Waals surface area contributed by atoms with Crippen LogP contribution in [0.15, 0.2) is 54.6 Å². The van der Waals surface area contributed by atoms with Gasteiger partial charge in [-0.05, 0) is 62.4 Å². The van der Waals surface area contributed by atoms with Gasteiger partial charge in [-0.1, -0.05) is 30.3 Å². The van der Waals surface area contributed by atoms with E-state index >= 15 is 0 Å². The van der Waals surface area contributed by atoms with Crippen molar-refractivity contribution in [3.8, 4) is 0 Å². The lowest BCUT2D eigenvalue weighted by Gasteiger charge is -2.27. The molecule has 138 valence electrons. The molecule has 0 aliphatic heterocycles.